The smallest absolute Gasteiger partial charge is 0.0870 e. The highest BCUT2D eigenvalue weighted by Crippen LogP contribution is 2.54. The van der Waals surface area contributed by atoms with E-state index in [1.165, 1.54) is 21.2 Å². The largest absolute Gasteiger partial charge is 0.379 e. The van der Waals surface area contributed by atoms with E-state index >= 15 is 0 Å². The normalized spacial score (nSPS) is 21.8. The first-order valence-electron chi connectivity index (χ1n) is 12.6. The third-order valence-corrected chi connectivity index (χ3v) is 12.9. The van der Waals surface area contributed by atoms with Gasteiger partial charge in [-0.25, -0.2) is 0 Å². The van der Waals surface area contributed by atoms with Crippen LogP contribution in [0.25, 0.3) is 0 Å². The van der Waals surface area contributed by atoms with Crippen LogP contribution in [0.5, 0.6) is 0 Å². The standard InChI is InChI=1S/C32H34O2P2/c1-33-30-23-31(36(27-19-11-5-12-20-27)28-21-13-6-14-22-28)29(32(30)34-2)24-35(25-15-7-3-8-16-25)26-17-9-4-10-18-26/h3-22,29-32H,23-24H2,1-2H3/t29-,30+,31+,32+/m1/s1. The van der Waals surface area contributed by atoms with Crippen molar-refractivity contribution >= 4 is 37.1 Å². The van der Waals surface area contributed by atoms with E-state index in [0.717, 1.165) is 12.6 Å². The molecule has 0 heterocycles. The third kappa shape index (κ3) is 5.49. The number of hydrogen-bond acceptors (Lipinski definition) is 2. The van der Waals surface area contributed by atoms with Crippen molar-refractivity contribution in [1.29, 1.82) is 0 Å². The van der Waals surface area contributed by atoms with Gasteiger partial charge in [-0.05, 0) is 61.2 Å². The van der Waals surface area contributed by atoms with Gasteiger partial charge in [-0.3, -0.25) is 0 Å². The van der Waals surface area contributed by atoms with Gasteiger partial charge in [0.25, 0.3) is 0 Å². The maximum absolute atomic E-state index is 6.25. The molecule has 0 spiro atoms. The molecule has 2 nitrogen and oxygen atoms in total. The number of rotatable bonds is 9. The Morgan fingerprint density at radius 2 is 1.00 bits per heavy atom. The molecule has 0 radical (unpaired) electrons. The predicted molar refractivity (Wildman–Crippen MR) is 156 cm³/mol. The highest BCUT2D eigenvalue weighted by atomic mass is 31.1. The highest BCUT2D eigenvalue weighted by Gasteiger charge is 2.48. The molecule has 1 aliphatic carbocycles. The van der Waals surface area contributed by atoms with Crippen LogP contribution in [0.15, 0.2) is 121 Å². The summed E-state index contributed by atoms with van der Waals surface area (Å²) in [5.41, 5.74) is 0.470. The lowest BCUT2D eigenvalue weighted by Gasteiger charge is -2.34. The molecule has 0 N–H and O–H groups in total. The SMILES string of the molecule is CO[C@H]1[C@H](CP(c2ccccc2)c2ccccc2)[C@@H](P(c2ccccc2)c2ccccc2)C[C@@H]1OC. The molecular formula is C32H34O2P2. The van der Waals surface area contributed by atoms with E-state index in [0.29, 0.717) is 11.6 Å². The minimum Gasteiger partial charge on any atom is -0.379 e. The summed E-state index contributed by atoms with van der Waals surface area (Å²) in [7, 11) is 2.61. The maximum Gasteiger partial charge on any atom is 0.0870 e. The summed E-state index contributed by atoms with van der Waals surface area (Å²) in [6.45, 7) is 0. The van der Waals surface area contributed by atoms with Crippen LogP contribution >= 0.6 is 15.8 Å². The van der Waals surface area contributed by atoms with Crippen LogP contribution in [0.2, 0.25) is 0 Å². The van der Waals surface area contributed by atoms with E-state index in [1.54, 1.807) is 0 Å². The van der Waals surface area contributed by atoms with Gasteiger partial charge >= 0.3 is 0 Å². The van der Waals surface area contributed by atoms with Crippen molar-refractivity contribution in [2.45, 2.75) is 24.3 Å². The van der Waals surface area contributed by atoms with E-state index < -0.39 is 15.8 Å². The fraction of sp³-hybridized carbons (Fsp3) is 0.250. The van der Waals surface area contributed by atoms with Crippen molar-refractivity contribution in [3.05, 3.63) is 121 Å². The van der Waals surface area contributed by atoms with Crippen molar-refractivity contribution in [3.8, 4) is 0 Å². The van der Waals surface area contributed by atoms with Gasteiger partial charge in [0.2, 0.25) is 0 Å². The van der Waals surface area contributed by atoms with Gasteiger partial charge in [-0.2, -0.15) is 0 Å². The molecule has 1 fully saturated rings. The minimum atomic E-state index is -0.574. The molecule has 184 valence electrons. The maximum atomic E-state index is 6.25. The zero-order chi connectivity index (χ0) is 24.7. The Morgan fingerprint density at radius 1 is 0.583 bits per heavy atom. The molecule has 0 aromatic heterocycles. The van der Waals surface area contributed by atoms with Crippen molar-refractivity contribution in [2.75, 3.05) is 20.4 Å². The van der Waals surface area contributed by atoms with Crippen LogP contribution in [0, 0.1) is 5.92 Å². The van der Waals surface area contributed by atoms with Crippen molar-refractivity contribution in [1.82, 2.24) is 0 Å². The number of hydrogen-bond donors (Lipinski definition) is 0. The fourth-order valence-corrected chi connectivity index (χ4v) is 11.6. The van der Waals surface area contributed by atoms with Crippen LogP contribution in [0.3, 0.4) is 0 Å². The van der Waals surface area contributed by atoms with Gasteiger partial charge in [-0.1, -0.05) is 121 Å². The lowest BCUT2D eigenvalue weighted by atomic mass is 10.1. The molecule has 36 heavy (non-hydrogen) atoms. The van der Waals surface area contributed by atoms with E-state index in [4.69, 9.17) is 9.47 Å². The highest BCUT2D eigenvalue weighted by molar-refractivity contribution is 7.74. The third-order valence-electron chi connectivity index (χ3n) is 7.26. The molecule has 4 aromatic rings. The quantitative estimate of drug-likeness (QED) is 0.269. The van der Waals surface area contributed by atoms with Gasteiger partial charge in [0.05, 0.1) is 12.2 Å². The monoisotopic (exact) mass is 512 g/mol. The van der Waals surface area contributed by atoms with Crippen LogP contribution in [-0.4, -0.2) is 38.2 Å². The lowest BCUT2D eigenvalue weighted by Crippen LogP contribution is -2.35. The van der Waals surface area contributed by atoms with Gasteiger partial charge in [0.15, 0.2) is 0 Å². The van der Waals surface area contributed by atoms with Crippen LogP contribution in [0.1, 0.15) is 6.42 Å². The number of ether oxygens (including phenoxy) is 2. The second-order valence-electron chi connectivity index (χ2n) is 9.26. The fourth-order valence-electron chi connectivity index (χ4n) is 5.62. The van der Waals surface area contributed by atoms with Crippen molar-refractivity contribution < 1.29 is 9.47 Å². The van der Waals surface area contributed by atoms with Crippen molar-refractivity contribution in [2.24, 2.45) is 5.92 Å². The summed E-state index contributed by atoms with van der Waals surface area (Å²) < 4.78 is 12.3. The van der Waals surface area contributed by atoms with E-state index in [-0.39, 0.29) is 12.2 Å². The summed E-state index contributed by atoms with van der Waals surface area (Å²) in [6.07, 6.45) is 2.29. The van der Waals surface area contributed by atoms with Crippen LogP contribution < -0.4 is 21.2 Å². The summed E-state index contributed by atoms with van der Waals surface area (Å²) in [5, 5.41) is 5.72. The Kier molecular flexibility index (Phi) is 8.63. The minimum absolute atomic E-state index is 0.0786. The summed E-state index contributed by atoms with van der Waals surface area (Å²) >= 11 is 0. The molecular weight excluding hydrogens is 478 g/mol. The van der Waals surface area contributed by atoms with Gasteiger partial charge in [0.1, 0.15) is 0 Å². The number of benzene rings is 4. The van der Waals surface area contributed by atoms with Gasteiger partial charge < -0.3 is 9.47 Å². The zero-order valence-electron chi connectivity index (χ0n) is 21.0. The van der Waals surface area contributed by atoms with Crippen LogP contribution in [-0.2, 0) is 9.47 Å². The lowest BCUT2D eigenvalue weighted by molar-refractivity contribution is -0.0305. The number of methoxy groups -OCH3 is 2. The molecule has 0 saturated heterocycles. The average Bonchev–Trinajstić information content (AvgIpc) is 3.30. The molecule has 0 unspecified atom stereocenters. The molecule has 5 rings (SSSR count). The van der Waals surface area contributed by atoms with E-state index in [2.05, 4.69) is 121 Å². The first-order chi connectivity index (χ1) is 17.8. The Bertz CT molecular complexity index is 1110. The van der Waals surface area contributed by atoms with Crippen molar-refractivity contribution in [3.63, 3.8) is 0 Å². The summed E-state index contributed by atoms with van der Waals surface area (Å²) in [4.78, 5) is 0. The van der Waals surface area contributed by atoms with E-state index in [9.17, 15) is 0 Å². The molecule has 1 saturated carbocycles. The molecule has 0 bridgehead atoms. The Labute approximate surface area is 218 Å². The topological polar surface area (TPSA) is 18.5 Å². The zero-order valence-corrected chi connectivity index (χ0v) is 22.8. The Balaban J connectivity index is 1.59. The average molecular weight is 513 g/mol. The second-order valence-corrected chi connectivity index (χ2v) is 14.0. The van der Waals surface area contributed by atoms with Crippen LogP contribution in [0.4, 0.5) is 0 Å². The summed E-state index contributed by atoms with van der Waals surface area (Å²) in [5.74, 6) is 0.387. The second kappa shape index (κ2) is 12.3. The van der Waals surface area contributed by atoms with E-state index in [1.807, 2.05) is 14.2 Å². The Morgan fingerprint density at radius 3 is 1.39 bits per heavy atom. The van der Waals surface area contributed by atoms with Gasteiger partial charge in [-0.15, -0.1) is 0 Å². The summed E-state index contributed by atoms with van der Waals surface area (Å²) in [6, 6.07) is 44.3. The molecule has 4 atom stereocenters. The Hall–Kier alpha value is -2.34. The first-order valence-corrected chi connectivity index (χ1v) is 15.6. The van der Waals surface area contributed by atoms with Gasteiger partial charge in [0, 0.05) is 14.2 Å². The molecule has 1 aliphatic rings. The first kappa shape index (κ1) is 25.3. The molecule has 0 aliphatic heterocycles. The molecule has 4 heteroatoms. The molecule has 0 amide bonds. The predicted octanol–water partition coefficient (Wildman–Crippen LogP) is 5.67. The molecule has 4 aromatic carbocycles.